The molecule has 4 nitrogen and oxygen atoms in total. The third-order valence-electron chi connectivity index (χ3n) is 3.06. The first kappa shape index (κ1) is 17.5. The van der Waals surface area contributed by atoms with Gasteiger partial charge in [0.2, 0.25) is 0 Å². The monoisotopic (exact) mass is 334 g/mol. The van der Waals surface area contributed by atoms with Crippen LogP contribution < -0.4 is 9.47 Å². The minimum Gasteiger partial charge on any atom is -0.508 e. The minimum absolute atomic E-state index is 0.0612. The third kappa shape index (κ3) is 4.81. The Labute approximate surface area is 138 Å². The van der Waals surface area contributed by atoms with E-state index in [0.29, 0.717) is 17.7 Å². The summed E-state index contributed by atoms with van der Waals surface area (Å²) in [6.07, 6.45) is 2.90. The highest BCUT2D eigenvalue weighted by molar-refractivity contribution is 6.06. The van der Waals surface area contributed by atoms with E-state index in [1.165, 1.54) is 42.5 Å². The van der Waals surface area contributed by atoms with Gasteiger partial charge in [-0.1, -0.05) is 12.1 Å². The van der Waals surface area contributed by atoms with Crippen molar-refractivity contribution in [3.05, 3.63) is 59.7 Å². The zero-order valence-electron chi connectivity index (χ0n) is 12.9. The molecule has 1 N–H and O–H groups in total. The molecule has 0 amide bonds. The molecule has 0 saturated heterocycles. The van der Waals surface area contributed by atoms with Crippen LogP contribution >= 0.6 is 0 Å². The Bertz CT molecular complexity index is 724. The maximum atomic E-state index is 12.4. The molecular formula is C18H16F2O4. The molecule has 0 atom stereocenters. The highest BCUT2D eigenvalue weighted by Crippen LogP contribution is 2.30. The van der Waals surface area contributed by atoms with E-state index in [2.05, 4.69) is 4.74 Å². The zero-order chi connectivity index (χ0) is 17.5. The fourth-order valence-corrected chi connectivity index (χ4v) is 1.98. The van der Waals surface area contributed by atoms with Crippen molar-refractivity contribution >= 4 is 11.9 Å². The van der Waals surface area contributed by atoms with Crippen LogP contribution in [-0.2, 0) is 0 Å². The van der Waals surface area contributed by atoms with E-state index in [4.69, 9.17) is 4.74 Å². The van der Waals surface area contributed by atoms with E-state index in [-0.39, 0.29) is 23.0 Å². The lowest BCUT2D eigenvalue weighted by atomic mass is 10.1. The predicted octanol–water partition coefficient (Wildman–Crippen LogP) is 4.29. The summed E-state index contributed by atoms with van der Waals surface area (Å²) in [5, 5.41) is 9.21. The number of phenols is 1. The summed E-state index contributed by atoms with van der Waals surface area (Å²) in [5.41, 5.74) is 1.03. The molecule has 0 aliphatic heterocycles. The first-order valence-electron chi connectivity index (χ1n) is 7.22. The molecule has 0 unspecified atom stereocenters. The van der Waals surface area contributed by atoms with E-state index in [1.54, 1.807) is 19.1 Å². The van der Waals surface area contributed by atoms with Crippen LogP contribution in [0.15, 0.2) is 48.5 Å². The van der Waals surface area contributed by atoms with Crippen LogP contribution in [0.3, 0.4) is 0 Å². The topological polar surface area (TPSA) is 55.8 Å². The second-order valence-electron chi connectivity index (χ2n) is 4.76. The molecule has 24 heavy (non-hydrogen) atoms. The molecule has 2 aromatic carbocycles. The van der Waals surface area contributed by atoms with Crippen LogP contribution in [0.4, 0.5) is 8.78 Å². The fourth-order valence-electron chi connectivity index (χ4n) is 1.98. The largest absolute Gasteiger partial charge is 0.508 e. The van der Waals surface area contributed by atoms with Crippen molar-refractivity contribution in [1.29, 1.82) is 0 Å². The normalized spacial score (nSPS) is 11.0. The molecule has 6 heteroatoms. The Balaban J connectivity index is 2.17. The number of benzene rings is 2. The van der Waals surface area contributed by atoms with Crippen LogP contribution in [0.5, 0.6) is 17.2 Å². The number of ether oxygens (including phenoxy) is 2. The molecule has 2 rings (SSSR count). The maximum Gasteiger partial charge on any atom is 0.387 e. The number of halogens is 2. The van der Waals surface area contributed by atoms with Gasteiger partial charge in [0.15, 0.2) is 17.3 Å². The van der Waals surface area contributed by atoms with Crippen molar-refractivity contribution in [2.24, 2.45) is 0 Å². The van der Waals surface area contributed by atoms with Gasteiger partial charge in [0.25, 0.3) is 0 Å². The number of carbonyl (C=O) groups excluding carboxylic acids is 1. The number of allylic oxidation sites excluding steroid dienone is 1. The highest BCUT2D eigenvalue weighted by Gasteiger charge is 2.11. The Hall–Kier alpha value is -2.89. The SMILES string of the molecule is CCOc1cc(/C=C/C(=O)c2ccc(O)cc2)ccc1OC(F)F. The molecule has 0 aliphatic rings. The molecule has 2 aromatic rings. The Kier molecular flexibility index (Phi) is 5.89. The van der Waals surface area contributed by atoms with Gasteiger partial charge in [-0.2, -0.15) is 8.78 Å². The molecular weight excluding hydrogens is 318 g/mol. The van der Waals surface area contributed by atoms with E-state index < -0.39 is 6.61 Å². The van der Waals surface area contributed by atoms with Crippen molar-refractivity contribution in [2.45, 2.75) is 13.5 Å². The predicted molar refractivity (Wildman–Crippen MR) is 85.7 cm³/mol. The number of aromatic hydroxyl groups is 1. The van der Waals surface area contributed by atoms with E-state index in [9.17, 15) is 18.7 Å². The summed E-state index contributed by atoms with van der Waals surface area (Å²) >= 11 is 0. The molecule has 0 saturated carbocycles. The van der Waals surface area contributed by atoms with Crippen LogP contribution in [-0.4, -0.2) is 24.1 Å². The molecule has 0 heterocycles. The molecule has 0 radical (unpaired) electrons. The average Bonchev–Trinajstić information content (AvgIpc) is 2.55. The van der Waals surface area contributed by atoms with Gasteiger partial charge in [0.05, 0.1) is 6.61 Å². The number of carbonyl (C=O) groups is 1. The van der Waals surface area contributed by atoms with Gasteiger partial charge in [-0.15, -0.1) is 0 Å². The zero-order valence-corrected chi connectivity index (χ0v) is 12.9. The van der Waals surface area contributed by atoms with Crippen molar-refractivity contribution in [3.8, 4) is 17.2 Å². The smallest absolute Gasteiger partial charge is 0.387 e. The van der Waals surface area contributed by atoms with Gasteiger partial charge < -0.3 is 14.6 Å². The summed E-state index contributed by atoms with van der Waals surface area (Å²) < 4.78 is 34.4. The van der Waals surface area contributed by atoms with Gasteiger partial charge in [-0.3, -0.25) is 4.79 Å². The molecule has 126 valence electrons. The number of phenolic OH excluding ortho intramolecular Hbond substituents is 1. The molecule has 0 aromatic heterocycles. The highest BCUT2D eigenvalue weighted by atomic mass is 19.3. The first-order chi connectivity index (χ1) is 11.5. The molecule has 0 spiro atoms. The van der Waals surface area contributed by atoms with Gasteiger partial charge in [-0.25, -0.2) is 0 Å². The Morgan fingerprint density at radius 1 is 1.17 bits per heavy atom. The second-order valence-corrected chi connectivity index (χ2v) is 4.76. The third-order valence-corrected chi connectivity index (χ3v) is 3.06. The molecule has 0 bridgehead atoms. The van der Waals surface area contributed by atoms with Gasteiger partial charge in [-0.05, 0) is 55.0 Å². The fraction of sp³-hybridized carbons (Fsp3) is 0.167. The average molecular weight is 334 g/mol. The summed E-state index contributed by atoms with van der Waals surface area (Å²) in [6, 6.07) is 10.3. The Morgan fingerprint density at radius 2 is 1.88 bits per heavy atom. The maximum absolute atomic E-state index is 12.4. The van der Waals surface area contributed by atoms with Gasteiger partial charge in [0, 0.05) is 5.56 Å². The number of rotatable bonds is 7. The van der Waals surface area contributed by atoms with Gasteiger partial charge >= 0.3 is 6.61 Å². The molecule has 0 fully saturated rings. The van der Waals surface area contributed by atoms with E-state index in [0.717, 1.165) is 0 Å². The van der Waals surface area contributed by atoms with E-state index in [1.807, 2.05) is 0 Å². The lowest BCUT2D eigenvalue weighted by molar-refractivity contribution is -0.0514. The first-order valence-corrected chi connectivity index (χ1v) is 7.22. The molecule has 0 aliphatic carbocycles. The summed E-state index contributed by atoms with van der Waals surface area (Å²) in [4.78, 5) is 12.0. The van der Waals surface area contributed by atoms with Crippen LogP contribution in [0, 0.1) is 0 Å². The van der Waals surface area contributed by atoms with E-state index >= 15 is 0 Å². The minimum atomic E-state index is -2.94. The number of hydrogen-bond donors (Lipinski definition) is 1. The lowest BCUT2D eigenvalue weighted by Crippen LogP contribution is -2.04. The van der Waals surface area contributed by atoms with Crippen molar-refractivity contribution in [2.75, 3.05) is 6.61 Å². The number of hydrogen-bond acceptors (Lipinski definition) is 4. The van der Waals surface area contributed by atoms with Crippen molar-refractivity contribution in [1.82, 2.24) is 0 Å². The standard InChI is InChI=1S/C18H16F2O4/c1-2-23-17-11-12(4-10-16(17)24-18(19)20)3-9-15(22)13-5-7-14(21)8-6-13/h3-11,18,21H,2H2,1H3/b9-3+. The second kappa shape index (κ2) is 8.10. The lowest BCUT2D eigenvalue weighted by Gasteiger charge is -2.11. The Morgan fingerprint density at radius 3 is 2.50 bits per heavy atom. The van der Waals surface area contributed by atoms with Crippen molar-refractivity contribution < 1.29 is 28.2 Å². The van der Waals surface area contributed by atoms with Crippen LogP contribution in [0.2, 0.25) is 0 Å². The van der Waals surface area contributed by atoms with Crippen molar-refractivity contribution in [3.63, 3.8) is 0 Å². The number of ketones is 1. The van der Waals surface area contributed by atoms with Crippen LogP contribution in [0.1, 0.15) is 22.8 Å². The van der Waals surface area contributed by atoms with Crippen LogP contribution in [0.25, 0.3) is 6.08 Å². The quantitative estimate of drug-likeness (QED) is 0.606. The van der Waals surface area contributed by atoms with Gasteiger partial charge in [0.1, 0.15) is 5.75 Å². The summed E-state index contributed by atoms with van der Waals surface area (Å²) in [5.74, 6) is -0.0572. The summed E-state index contributed by atoms with van der Waals surface area (Å²) in [6.45, 7) is -0.927. The summed E-state index contributed by atoms with van der Waals surface area (Å²) in [7, 11) is 0. The number of alkyl halides is 2.